The molecule has 1 aliphatic carbocycles. The smallest absolute Gasteiger partial charge is 0.203 e. The summed E-state index contributed by atoms with van der Waals surface area (Å²) in [5, 5.41) is 3.49. The molecule has 5 heteroatoms. The third-order valence-electron chi connectivity index (χ3n) is 3.55. The molecule has 1 N–H and O–H groups in total. The molecule has 5 nitrogen and oxygen atoms in total. The van der Waals surface area contributed by atoms with Gasteiger partial charge in [0.1, 0.15) is 0 Å². The second-order valence-electron chi connectivity index (χ2n) is 5.53. The molecule has 1 aromatic heterocycles. The van der Waals surface area contributed by atoms with Crippen LogP contribution in [-0.2, 0) is 11.3 Å². The van der Waals surface area contributed by atoms with Gasteiger partial charge in [0.05, 0.1) is 24.9 Å². The summed E-state index contributed by atoms with van der Waals surface area (Å²) >= 11 is 0. The molecule has 2 fully saturated rings. The molecule has 1 unspecified atom stereocenters. The molecule has 1 aliphatic heterocycles. The molecule has 0 amide bonds. The monoisotopic (exact) mass is 250 g/mol. The zero-order valence-electron chi connectivity index (χ0n) is 11.2. The van der Waals surface area contributed by atoms with Gasteiger partial charge in [0.2, 0.25) is 5.95 Å². The summed E-state index contributed by atoms with van der Waals surface area (Å²) in [6.45, 7) is 5.80. The third kappa shape index (κ3) is 2.84. The Morgan fingerprint density at radius 1 is 1.50 bits per heavy atom. The number of hydrogen-bond acceptors (Lipinski definition) is 4. The topological polar surface area (TPSA) is 42.3 Å². The van der Waals surface area contributed by atoms with Crippen LogP contribution < -0.4 is 5.32 Å². The van der Waals surface area contributed by atoms with Gasteiger partial charge in [-0.1, -0.05) is 0 Å². The van der Waals surface area contributed by atoms with Crippen molar-refractivity contribution in [3.63, 3.8) is 0 Å². The highest BCUT2D eigenvalue weighted by atomic mass is 16.5. The van der Waals surface area contributed by atoms with Crippen molar-refractivity contribution >= 4 is 5.95 Å². The van der Waals surface area contributed by atoms with E-state index in [0.717, 1.165) is 37.9 Å². The molecular formula is C13H22N4O. The largest absolute Gasteiger partial charge is 0.374 e. The lowest BCUT2D eigenvalue weighted by atomic mass is 10.3. The van der Waals surface area contributed by atoms with E-state index in [2.05, 4.69) is 33.0 Å². The Labute approximate surface area is 108 Å². The fraction of sp³-hybridized carbons (Fsp3) is 0.769. The molecule has 1 saturated carbocycles. The number of aromatic nitrogens is 2. The van der Waals surface area contributed by atoms with E-state index in [1.165, 1.54) is 12.8 Å². The number of nitrogens with one attached hydrogen (secondary N) is 1. The maximum Gasteiger partial charge on any atom is 0.203 e. The van der Waals surface area contributed by atoms with E-state index in [4.69, 9.17) is 4.74 Å². The van der Waals surface area contributed by atoms with Crippen LogP contribution in [0.5, 0.6) is 0 Å². The minimum atomic E-state index is 0.275. The van der Waals surface area contributed by atoms with Crippen molar-refractivity contribution in [2.75, 3.05) is 32.1 Å². The highest BCUT2D eigenvalue weighted by Crippen LogP contribution is 2.24. The van der Waals surface area contributed by atoms with E-state index >= 15 is 0 Å². The van der Waals surface area contributed by atoms with E-state index in [-0.39, 0.29) is 6.10 Å². The van der Waals surface area contributed by atoms with Crippen LogP contribution in [0.4, 0.5) is 5.95 Å². The number of ether oxygens (including phenoxy) is 1. The highest BCUT2D eigenvalue weighted by molar-refractivity contribution is 5.32. The molecular weight excluding hydrogens is 228 g/mol. The molecule has 1 aromatic rings. The van der Waals surface area contributed by atoms with Crippen LogP contribution in [0.15, 0.2) is 6.20 Å². The SMILES string of the molecule is Cc1cn(CC2CN(C)CCO2)c(NC2CC2)n1. The molecule has 3 rings (SSSR count). The van der Waals surface area contributed by atoms with E-state index in [1.54, 1.807) is 0 Å². The first kappa shape index (κ1) is 12.0. The van der Waals surface area contributed by atoms with Gasteiger partial charge >= 0.3 is 0 Å². The third-order valence-corrected chi connectivity index (χ3v) is 3.55. The van der Waals surface area contributed by atoms with Crippen LogP contribution in [0.1, 0.15) is 18.5 Å². The first-order chi connectivity index (χ1) is 8.70. The summed E-state index contributed by atoms with van der Waals surface area (Å²) in [7, 11) is 2.15. The Hall–Kier alpha value is -1.07. The number of nitrogens with zero attached hydrogens (tertiary/aromatic N) is 3. The second kappa shape index (κ2) is 4.90. The average Bonchev–Trinajstić information content (AvgIpc) is 3.05. The quantitative estimate of drug-likeness (QED) is 0.869. The van der Waals surface area contributed by atoms with Crippen LogP contribution in [0.25, 0.3) is 0 Å². The maximum absolute atomic E-state index is 5.82. The van der Waals surface area contributed by atoms with Crippen molar-refractivity contribution in [2.45, 2.75) is 38.5 Å². The van der Waals surface area contributed by atoms with Gasteiger partial charge < -0.3 is 19.5 Å². The molecule has 2 heterocycles. The van der Waals surface area contributed by atoms with Gasteiger partial charge in [0, 0.05) is 25.3 Å². The van der Waals surface area contributed by atoms with E-state index < -0.39 is 0 Å². The summed E-state index contributed by atoms with van der Waals surface area (Å²) in [4.78, 5) is 6.88. The lowest BCUT2D eigenvalue weighted by Gasteiger charge is -2.30. The fourth-order valence-corrected chi connectivity index (χ4v) is 2.41. The summed E-state index contributed by atoms with van der Waals surface area (Å²) in [6.07, 6.45) is 4.93. The Kier molecular flexibility index (Phi) is 3.26. The minimum Gasteiger partial charge on any atom is -0.374 e. The maximum atomic E-state index is 5.82. The van der Waals surface area contributed by atoms with Gasteiger partial charge in [0.15, 0.2) is 0 Å². The average molecular weight is 250 g/mol. The van der Waals surface area contributed by atoms with Crippen molar-refractivity contribution in [3.05, 3.63) is 11.9 Å². The fourth-order valence-electron chi connectivity index (χ4n) is 2.41. The number of anilines is 1. The first-order valence-electron chi connectivity index (χ1n) is 6.81. The van der Waals surface area contributed by atoms with Crippen LogP contribution in [0.2, 0.25) is 0 Å². The van der Waals surface area contributed by atoms with Gasteiger partial charge in [-0.05, 0) is 26.8 Å². The number of aryl methyl sites for hydroxylation is 1. The van der Waals surface area contributed by atoms with Gasteiger partial charge in [-0.25, -0.2) is 4.98 Å². The molecule has 100 valence electrons. The van der Waals surface area contributed by atoms with Crippen molar-refractivity contribution < 1.29 is 4.74 Å². The normalized spacial score (nSPS) is 25.3. The second-order valence-corrected chi connectivity index (χ2v) is 5.53. The Morgan fingerprint density at radius 3 is 3.06 bits per heavy atom. The Bertz CT molecular complexity index is 413. The molecule has 0 bridgehead atoms. The zero-order valence-corrected chi connectivity index (χ0v) is 11.2. The van der Waals surface area contributed by atoms with Crippen LogP contribution in [0.3, 0.4) is 0 Å². The number of morpholine rings is 1. The minimum absolute atomic E-state index is 0.275. The lowest BCUT2D eigenvalue weighted by molar-refractivity contribution is -0.0272. The van der Waals surface area contributed by atoms with Gasteiger partial charge in [-0.2, -0.15) is 0 Å². The molecule has 2 aliphatic rings. The number of likely N-dealkylation sites (N-methyl/N-ethyl adjacent to an activating group) is 1. The van der Waals surface area contributed by atoms with Gasteiger partial charge in [-0.15, -0.1) is 0 Å². The molecule has 0 radical (unpaired) electrons. The van der Waals surface area contributed by atoms with Crippen LogP contribution in [-0.4, -0.2) is 53.3 Å². The number of hydrogen-bond donors (Lipinski definition) is 1. The van der Waals surface area contributed by atoms with E-state index in [0.29, 0.717) is 6.04 Å². The predicted octanol–water partition coefficient (Wildman–Crippen LogP) is 1.10. The summed E-state index contributed by atoms with van der Waals surface area (Å²) in [5.41, 5.74) is 1.07. The van der Waals surface area contributed by atoms with Crippen molar-refractivity contribution in [2.24, 2.45) is 0 Å². The molecule has 18 heavy (non-hydrogen) atoms. The standard InChI is InChI=1S/C13H22N4O/c1-10-7-17(13(14-10)15-11-3-4-11)9-12-8-16(2)5-6-18-12/h7,11-12H,3-6,8-9H2,1-2H3,(H,14,15). The number of imidazole rings is 1. The van der Waals surface area contributed by atoms with Crippen molar-refractivity contribution in [1.82, 2.24) is 14.5 Å². The Balaban J connectivity index is 1.66. The first-order valence-corrected chi connectivity index (χ1v) is 6.81. The van der Waals surface area contributed by atoms with E-state index in [9.17, 15) is 0 Å². The molecule has 1 saturated heterocycles. The van der Waals surface area contributed by atoms with E-state index in [1.807, 2.05) is 6.92 Å². The van der Waals surface area contributed by atoms with Crippen molar-refractivity contribution in [1.29, 1.82) is 0 Å². The highest BCUT2D eigenvalue weighted by Gasteiger charge is 2.24. The predicted molar refractivity (Wildman–Crippen MR) is 70.8 cm³/mol. The van der Waals surface area contributed by atoms with Crippen LogP contribution >= 0.6 is 0 Å². The number of rotatable bonds is 4. The van der Waals surface area contributed by atoms with Crippen molar-refractivity contribution in [3.8, 4) is 0 Å². The molecule has 0 spiro atoms. The zero-order chi connectivity index (χ0) is 12.5. The van der Waals surface area contributed by atoms with Crippen LogP contribution in [0, 0.1) is 6.92 Å². The summed E-state index contributed by atoms with van der Waals surface area (Å²) in [6, 6.07) is 0.639. The summed E-state index contributed by atoms with van der Waals surface area (Å²) < 4.78 is 8.02. The lowest BCUT2D eigenvalue weighted by Crippen LogP contribution is -2.42. The molecule has 1 atom stereocenters. The molecule has 0 aromatic carbocycles. The van der Waals surface area contributed by atoms with Gasteiger partial charge in [0.25, 0.3) is 0 Å². The Morgan fingerprint density at radius 2 is 2.33 bits per heavy atom. The summed E-state index contributed by atoms with van der Waals surface area (Å²) in [5.74, 6) is 1.01. The van der Waals surface area contributed by atoms with Gasteiger partial charge in [-0.3, -0.25) is 0 Å².